The Labute approximate surface area is 73.4 Å². The van der Waals surface area contributed by atoms with E-state index in [9.17, 15) is 0 Å². The normalized spacial score (nSPS) is 11.8. The van der Waals surface area contributed by atoms with Crippen LogP contribution >= 0.6 is 0 Å². The van der Waals surface area contributed by atoms with Crippen molar-refractivity contribution in [1.29, 1.82) is 0 Å². The molecule has 1 rings (SSSR count). The van der Waals surface area contributed by atoms with Gasteiger partial charge in [0.2, 0.25) is 0 Å². The van der Waals surface area contributed by atoms with Gasteiger partial charge in [-0.25, -0.2) is 0 Å². The van der Waals surface area contributed by atoms with E-state index in [2.05, 4.69) is 6.58 Å². The molecule has 0 N–H and O–H groups in total. The van der Waals surface area contributed by atoms with E-state index in [-0.39, 0.29) is 0 Å². The lowest BCUT2D eigenvalue weighted by molar-refractivity contribution is 0.522. The zero-order valence-electron chi connectivity index (χ0n) is 7.85. The third-order valence-electron chi connectivity index (χ3n) is 1.75. The lowest BCUT2D eigenvalue weighted by Gasteiger charge is -2.00. The quantitative estimate of drug-likeness (QED) is 0.606. The highest BCUT2D eigenvalue weighted by molar-refractivity contribution is 5.74. The van der Waals surface area contributed by atoms with Crippen molar-refractivity contribution >= 4 is 5.57 Å². The molecule has 0 aliphatic heterocycles. The Bertz CT molecular complexity index is 316. The van der Waals surface area contributed by atoms with Crippen LogP contribution in [0.2, 0.25) is 0 Å². The molecular formula is C11H14O. The molecule has 1 heteroatoms. The molecule has 0 aliphatic carbocycles. The highest BCUT2D eigenvalue weighted by Gasteiger charge is 2.04. The zero-order chi connectivity index (χ0) is 9.14. The molecule has 12 heavy (non-hydrogen) atoms. The van der Waals surface area contributed by atoms with Crippen LogP contribution in [-0.4, -0.2) is 0 Å². The first-order valence-corrected chi connectivity index (χ1v) is 4.04. The predicted molar refractivity (Wildman–Crippen MR) is 51.9 cm³/mol. The van der Waals surface area contributed by atoms with Gasteiger partial charge in [0.05, 0.1) is 0 Å². The molecule has 0 radical (unpaired) electrons. The van der Waals surface area contributed by atoms with E-state index in [1.54, 1.807) is 0 Å². The molecule has 1 nitrogen and oxygen atoms in total. The van der Waals surface area contributed by atoms with Gasteiger partial charge < -0.3 is 4.42 Å². The van der Waals surface area contributed by atoms with Crippen LogP contribution in [-0.2, 0) is 0 Å². The molecule has 0 amide bonds. The van der Waals surface area contributed by atoms with E-state index in [0.717, 1.165) is 22.7 Å². The summed E-state index contributed by atoms with van der Waals surface area (Å²) in [6.07, 6.45) is 2.01. The number of hydrogen-bond acceptors (Lipinski definition) is 1. The molecule has 0 fully saturated rings. The topological polar surface area (TPSA) is 13.1 Å². The summed E-state index contributed by atoms with van der Waals surface area (Å²) in [6, 6.07) is 3.93. The third kappa shape index (κ3) is 1.67. The first kappa shape index (κ1) is 8.85. The minimum Gasteiger partial charge on any atom is -0.461 e. The molecule has 0 atom stereocenters. The number of hydrogen-bond donors (Lipinski definition) is 0. The second kappa shape index (κ2) is 3.44. The molecule has 64 valence electrons. The molecule has 0 spiro atoms. The highest BCUT2D eigenvalue weighted by Crippen LogP contribution is 2.22. The van der Waals surface area contributed by atoms with Crippen molar-refractivity contribution in [2.24, 2.45) is 0 Å². The fraction of sp³-hybridized carbons (Fsp3) is 0.273. The highest BCUT2D eigenvalue weighted by atomic mass is 16.3. The van der Waals surface area contributed by atoms with Crippen molar-refractivity contribution in [1.82, 2.24) is 0 Å². The monoisotopic (exact) mass is 162 g/mol. The summed E-state index contributed by atoms with van der Waals surface area (Å²) >= 11 is 0. The van der Waals surface area contributed by atoms with Gasteiger partial charge in [0.1, 0.15) is 11.5 Å². The average molecular weight is 162 g/mol. The van der Waals surface area contributed by atoms with E-state index >= 15 is 0 Å². The number of furan rings is 1. The van der Waals surface area contributed by atoms with Crippen LogP contribution < -0.4 is 0 Å². The number of allylic oxidation sites excluding steroid dienone is 3. The van der Waals surface area contributed by atoms with Gasteiger partial charge in [-0.1, -0.05) is 12.7 Å². The lowest BCUT2D eigenvalue weighted by atomic mass is 10.1. The molecule has 0 saturated carbocycles. The van der Waals surface area contributed by atoms with Crippen molar-refractivity contribution in [3.05, 3.63) is 41.9 Å². The average Bonchev–Trinajstić information content (AvgIpc) is 2.37. The smallest absolute Gasteiger partial charge is 0.134 e. The predicted octanol–water partition coefficient (Wildman–Crippen LogP) is 3.57. The second-order valence-corrected chi connectivity index (χ2v) is 2.89. The standard InChI is InChI=1S/C11H14O/c1-5-10(8(2)3)11-7-6-9(4)12-11/h5-7H,2H2,1,3-4H3/b10-5+. The van der Waals surface area contributed by atoms with Gasteiger partial charge in [-0.05, 0) is 38.5 Å². The summed E-state index contributed by atoms with van der Waals surface area (Å²) in [6.45, 7) is 9.79. The second-order valence-electron chi connectivity index (χ2n) is 2.89. The van der Waals surface area contributed by atoms with E-state index < -0.39 is 0 Å². The molecule has 0 aliphatic rings. The summed E-state index contributed by atoms with van der Waals surface area (Å²) in [4.78, 5) is 0. The SMILES string of the molecule is C=C(C)/C(=C\C)c1ccc(C)o1. The fourth-order valence-corrected chi connectivity index (χ4v) is 1.18. The molecule has 1 aromatic rings. The van der Waals surface area contributed by atoms with E-state index in [4.69, 9.17) is 4.42 Å². The molecule has 1 aromatic heterocycles. The van der Waals surface area contributed by atoms with Gasteiger partial charge in [-0.3, -0.25) is 0 Å². The molecule has 1 heterocycles. The Morgan fingerprint density at radius 1 is 1.50 bits per heavy atom. The van der Waals surface area contributed by atoms with Gasteiger partial charge >= 0.3 is 0 Å². The van der Waals surface area contributed by atoms with Crippen molar-refractivity contribution in [2.75, 3.05) is 0 Å². The molecule has 0 saturated heterocycles. The number of aryl methyl sites for hydroxylation is 1. The minimum absolute atomic E-state index is 0.905. The largest absolute Gasteiger partial charge is 0.461 e. The Balaban J connectivity index is 3.04. The van der Waals surface area contributed by atoms with Crippen molar-refractivity contribution < 1.29 is 4.42 Å². The summed E-state index contributed by atoms with van der Waals surface area (Å²) in [5.74, 6) is 1.84. The van der Waals surface area contributed by atoms with Gasteiger partial charge in [-0.15, -0.1) is 0 Å². The van der Waals surface area contributed by atoms with Gasteiger partial charge in [-0.2, -0.15) is 0 Å². The first-order chi connectivity index (χ1) is 5.65. The van der Waals surface area contributed by atoms with Gasteiger partial charge in [0.15, 0.2) is 0 Å². The summed E-state index contributed by atoms with van der Waals surface area (Å²) < 4.78 is 5.47. The number of rotatable bonds is 2. The van der Waals surface area contributed by atoms with Crippen molar-refractivity contribution in [2.45, 2.75) is 20.8 Å². The van der Waals surface area contributed by atoms with Crippen LogP contribution in [0.4, 0.5) is 0 Å². The lowest BCUT2D eigenvalue weighted by Crippen LogP contribution is -1.80. The van der Waals surface area contributed by atoms with Crippen LogP contribution in [0, 0.1) is 6.92 Å². The third-order valence-corrected chi connectivity index (χ3v) is 1.75. The van der Waals surface area contributed by atoms with Crippen LogP contribution in [0.25, 0.3) is 5.57 Å². The van der Waals surface area contributed by atoms with Crippen LogP contribution in [0.3, 0.4) is 0 Å². The zero-order valence-corrected chi connectivity index (χ0v) is 7.85. The van der Waals surface area contributed by atoms with E-state index in [0.29, 0.717) is 0 Å². The Kier molecular flexibility index (Phi) is 2.54. The van der Waals surface area contributed by atoms with E-state index in [1.807, 2.05) is 39.0 Å². The van der Waals surface area contributed by atoms with Crippen molar-refractivity contribution in [3.63, 3.8) is 0 Å². The molecule has 0 aromatic carbocycles. The van der Waals surface area contributed by atoms with E-state index in [1.165, 1.54) is 0 Å². The fourth-order valence-electron chi connectivity index (χ4n) is 1.18. The first-order valence-electron chi connectivity index (χ1n) is 4.04. The summed E-state index contributed by atoms with van der Waals surface area (Å²) in [7, 11) is 0. The maximum Gasteiger partial charge on any atom is 0.134 e. The van der Waals surface area contributed by atoms with Gasteiger partial charge in [0.25, 0.3) is 0 Å². The Hall–Kier alpha value is -1.24. The maximum atomic E-state index is 5.47. The van der Waals surface area contributed by atoms with Gasteiger partial charge in [0, 0.05) is 5.57 Å². The molecular weight excluding hydrogens is 148 g/mol. The Morgan fingerprint density at radius 3 is 2.50 bits per heavy atom. The summed E-state index contributed by atoms with van der Waals surface area (Å²) in [5.41, 5.74) is 2.12. The molecule has 0 unspecified atom stereocenters. The van der Waals surface area contributed by atoms with Crippen LogP contribution in [0.5, 0.6) is 0 Å². The Morgan fingerprint density at radius 2 is 2.17 bits per heavy atom. The minimum atomic E-state index is 0.905. The van der Waals surface area contributed by atoms with Crippen LogP contribution in [0.15, 0.2) is 34.8 Å². The summed E-state index contributed by atoms with van der Waals surface area (Å²) in [5, 5.41) is 0. The van der Waals surface area contributed by atoms with Crippen molar-refractivity contribution in [3.8, 4) is 0 Å². The molecule has 0 bridgehead atoms. The maximum absolute atomic E-state index is 5.47. The van der Waals surface area contributed by atoms with Crippen LogP contribution in [0.1, 0.15) is 25.4 Å².